The van der Waals surface area contributed by atoms with Gasteiger partial charge in [-0.05, 0) is 108 Å². The Morgan fingerprint density at radius 3 is 1.58 bits per heavy atom. The van der Waals surface area contributed by atoms with Crippen molar-refractivity contribution >= 4 is 32.3 Å². The molecule has 0 fully saturated rings. The lowest BCUT2D eigenvalue weighted by molar-refractivity contribution is 0.466. The van der Waals surface area contributed by atoms with Crippen molar-refractivity contribution in [1.82, 2.24) is 0 Å². The van der Waals surface area contributed by atoms with Gasteiger partial charge in [0.15, 0.2) is 0 Å². The van der Waals surface area contributed by atoms with Gasteiger partial charge in [-0.2, -0.15) is 0 Å². The van der Waals surface area contributed by atoms with Gasteiger partial charge in [0.25, 0.3) is 0 Å². The van der Waals surface area contributed by atoms with Crippen molar-refractivity contribution in [1.29, 1.82) is 0 Å². The Morgan fingerprint density at radius 2 is 0.895 bits per heavy atom. The first-order chi connectivity index (χ1) is 27.4. The normalized spacial score (nSPS) is 11.5. The number of fused-ring (bicyclic) bond motifs is 6. The largest absolute Gasteiger partial charge is 0.508 e. The predicted octanol–water partition coefficient (Wildman–Crippen LogP) is 15.7. The first-order valence-electron chi connectivity index (χ1n) is 20.5. The summed E-state index contributed by atoms with van der Waals surface area (Å²) in [7, 11) is 0. The Balaban J connectivity index is 0.000000129. The van der Waals surface area contributed by atoms with E-state index in [-0.39, 0.29) is 0 Å². The van der Waals surface area contributed by atoms with Crippen molar-refractivity contribution in [2.24, 2.45) is 0 Å². The average Bonchev–Trinajstić information content (AvgIpc) is 3.59. The smallest absolute Gasteiger partial charge is 0.123 e. The summed E-state index contributed by atoms with van der Waals surface area (Å²) >= 11 is 0. The second-order valence-corrected chi connectivity index (χ2v) is 16.4. The van der Waals surface area contributed by atoms with Crippen molar-refractivity contribution in [3.63, 3.8) is 0 Å². The van der Waals surface area contributed by atoms with E-state index in [1.54, 1.807) is 12.1 Å². The summed E-state index contributed by atoms with van der Waals surface area (Å²) in [4.78, 5) is 0. The molecular weight excluding hydrogens is 693 g/mol. The third-order valence-electron chi connectivity index (χ3n) is 11.0. The van der Waals surface area contributed by atoms with E-state index in [9.17, 15) is 10.2 Å². The summed E-state index contributed by atoms with van der Waals surface area (Å²) in [5.41, 5.74) is 11.0. The SMILES string of the molecule is CC(C)c1c(O)ccc2ccccc12.CC(C)c1ccc(O)c2ccccc12.CC(C)c1ccc2c(c1)Cc1ccccc1-2.CC(C)c1ccc2ccccc2c1. The highest BCUT2D eigenvalue weighted by Crippen LogP contribution is 2.38. The molecule has 0 unspecified atom stereocenters. The fourth-order valence-corrected chi connectivity index (χ4v) is 7.79. The predicted molar refractivity (Wildman–Crippen MR) is 246 cm³/mol. The Kier molecular flexibility index (Phi) is 13.2. The minimum Gasteiger partial charge on any atom is -0.508 e. The molecule has 0 radical (unpaired) electrons. The van der Waals surface area contributed by atoms with Gasteiger partial charge >= 0.3 is 0 Å². The number of hydrogen-bond donors (Lipinski definition) is 2. The molecule has 2 heteroatoms. The van der Waals surface area contributed by atoms with Crippen molar-refractivity contribution in [2.45, 2.75) is 85.5 Å². The Labute approximate surface area is 340 Å². The molecule has 0 amide bonds. The van der Waals surface area contributed by atoms with Crippen molar-refractivity contribution < 1.29 is 10.2 Å². The van der Waals surface area contributed by atoms with Crippen molar-refractivity contribution in [3.05, 3.63) is 191 Å². The molecule has 0 aliphatic heterocycles. The monoisotopic (exact) mass is 750 g/mol. The molecule has 1 aliphatic carbocycles. The molecule has 0 aromatic heterocycles. The lowest BCUT2D eigenvalue weighted by atomic mass is 9.95. The maximum absolute atomic E-state index is 9.78. The Bertz CT molecular complexity index is 2580. The van der Waals surface area contributed by atoms with Gasteiger partial charge in [-0.15, -0.1) is 0 Å². The van der Waals surface area contributed by atoms with Crippen LogP contribution in [0.3, 0.4) is 0 Å². The van der Waals surface area contributed by atoms with Gasteiger partial charge in [-0.25, -0.2) is 0 Å². The van der Waals surface area contributed by atoms with Crippen molar-refractivity contribution in [2.75, 3.05) is 0 Å². The molecule has 8 aromatic carbocycles. The van der Waals surface area contributed by atoms with Gasteiger partial charge in [0.05, 0.1) is 0 Å². The zero-order valence-corrected chi connectivity index (χ0v) is 34.9. The lowest BCUT2D eigenvalue weighted by Gasteiger charge is -2.11. The number of phenolic OH excluding ortho intramolecular Hbond substituents is 2. The molecule has 2 nitrogen and oxygen atoms in total. The summed E-state index contributed by atoms with van der Waals surface area (Å²) in [5, 5.41) is 26.6. The van der Waals surface area contributed by atoms with Gasteiger partial charge in [0.1, 0.15) is 11.5 Å². The van der Waals surface area contributed by atoms with Gasteiger partial charge in [-0.1, -0.05) is 201 Å². The second-order valence-electron chi connectivity index (χ2n) is 16.4. The van der Waals surface area contributed by atoms with Gasteiger partial charge in [-0.3, -0.25) is 0 Å². The number of phenols is 2. The lowest BCUT2D eigenvalue weighted by Crippen LogP contribution is -1.90. The van der Waals surface area contributed by atoms with Crippen LogP contribution in [0.25, 0.3) is 43.4 Å². The molecule has 0 atom stereocenters. The van der Waals surface area contributed by atoms with Crippen LogP contribution < -0.4 is 0 Å². The summed E-state index contributed by atoms with van der Waals surface area (Å²) < 4.78 is 0. The van der Waals surface area contributed by atoms with E-state index in [0.29, 0.717) is 35.2 Å². The number of aromatic hydroxyl groups is 2. The van der Waals surface area contributed by atoms with E-state index in [0.717, 1.165) is 28.1 Å². The van der Waals surface area contributed by atoms with Crippen LogP contribution in [0.1, 0.15) is 112 Å². The maximum atomic E-state index is 9.78. The standard InChI is InChI=1S/C16H16.2C13H14O.C13H14/c1-11(2)12-7-8-16-14(9-12)10-13-5-3-4-6-15(13)16;1-9(2)10-7-8-13(14)12-6-4-3-5-11(10)12;1-9(2)13-11-6-4-3-5-10(11)7-8-12(13)14;1-10(2)12-8-7-11-5-3-4-6-13(11)9-12/h3-9,11H,10H2,1-2H3;2*3-9,14H,1-2H3;3-10H,1-2H3. The second kappa shape index (κ2) is 18.4. The van der Waals surface area contributed by atoms with E-state index >= 15 is 0 Å². The van der Waals surface area contributed by atoms with Crippen LogP contribution in [0.5, 0.6) is 11.5 Å². The van der Waals surface area contributed by atoms with Crippen LogP contribution in [-0.4, -0.2) is 10.2 Å². The van der Waals surface area contributed by atoms with Gasteiger partial charge < -0.3 is 10.2 Å². The molecule has 0 saturated heterocycles. The van der Waals surface area contributed by atoms with E-state index < -0.39 is 0 Å². The molecule has 0 bridgehead atoms. The third-order valence-corrected chi connectivity index (χ3v) is 11.0. The summed E-state index contributed by atoms with van der Waals surface area (Å²) in [6.45, 7) is 17.5. The highest BCUT2D eigenvalue weighted by atomic mass is 16.3. The minimum atomic E-state index is 0.348. The molecule has 0 saturated carbocycles. The Hall–Kier alpha value is -5.86. The van der Waals surface area contributed by atoms with Crippen LogP contribution in [0.15, 0.2) is 158 Å². The zero-order chi connectivity index (χ0) is 40.6. The van der Waals surface area contributed by atoms with E-state index in [4.69, 9.17) is 0 Å². The molecule has 8 aromatic rings. The van der Waals surface area contributed by atoms with Crippen LogP contribution in [0, 0.1) is 0 Å². The van der Waals surface area contributed by atoms with Crippen molar-refractivity contribution in [3.8, 4) is 22.6 Å². The quantitative estimate of drug-likeness (QED) is 0.188. The van der Waals surface area contributed by atoms with Crippen LogP contribution in [-0.2, 0) is 6.42 Å². The Morgan fingerprint density at radius 1 is 0.368 bits per heavy atom. The summed E-state index contributed by atoms with van der Waals surface area (Å²) in [6, 6.07) is 54.5. The van der Waals surface area contributed by atoms with E-state index in [2.05, 4.69) is 159 Å². The topological polar surface area (TPSA) is 40.5 Å². The van der Waals surface area contributed by atoms with Crippen LogP contribution >= 0.6 is 0 Å². The fraction of sp³-hybridized carbons (Fsp3) is 0.236. The van der Waals surface area contributed by atoms with Gasteiger partial charge in [0, 0.05) is 10.9 Å². The highest BCUT2D eigenvalue weighted by Gasteiger charge is 2.18. The molecular formula is C55H58O2. The molecule has 9 rings (SSSR count). The maximum Gasteiger partial charge on any atom is 0.123 e. The molecule has 2 N–H and O–H groups in total. The molecule has 290 valence electrons. The number of hydrogen-bond acceptors (Lipinski definition) is 2. The molecule has 1 aliphatic rings. The first kappa shape index (κ1) is 40.8. The summed E-state index contributed by atoms with van der Waals surface area (Å²) in [5.74, 6) is 2.84. The third kappa shape index (κ3) is 9.58. The van der Waals surface area contributed by atoms with Crippen LogP contribution in [0.4, 0.5) is 0 Å². The molecule has 57 heavy (non-hydrogen) atoms. The van der Waals surface area contributed by atoms with E-state index in [1.807, 2.05) is 42.5 Å². The molecule has 0 spiro atoms. The average molecular weight is 751 g/mol. The number of rotatable bonds is 4. The van der Waals surface area contributed by atoms with E-state index in [1.165, 1.54) is 55.1 Å². The van der Waals surface area contributed by atoms with Crippen LogP contribution in [0.2, 0.25) is 0 Å². The summed E-state index contributed by atoms with van der Waals surface area (Å²) in [6.07, 6.45) is 1.10. The minimum absolute atomic E-state index is 0.348. The number of benzene rings is 8. The zero-order valence-electron chi connectivity index (χ0n) is 34.9. The highest BCUT2D eigenvalue weighted by molar-refractivity contribution is 5.91. The molecule has 0 heterocycles. The first-order valence-corrected chi connectivity index (χ1v) is 20.5. The fourth-order valence-electron chi connectivity index (χ4n) is 7.79. The van der Waals surface area contributed by atoms with Gasteiger partial charge in [0.2, 0.25) is 0 Å².